The molecule has 0 saturated carbocycles. The molecule has 0 unspecified atom stereocenters. The number of nitro benzene ring substituents is 1. The van der Waals surface area contributed by atoms with Crippen LogP contribution >= 0.6 is 0 Å². The van der Waals surface area contributed by atoms with Crippen molar-refractivity contribution in [3.8, 4) is 5.75 Å². The number of aryl methyl sites for hydroxylation is 1. The van der Waals surface area contributed by atoms with Crippen LogP contribution in [0.5, 0.6) is 5.75 Å². The van der Waals surface area contributed by atoms with Crippen LogP contribution in [0.3, 0.4) is 0 Å². The Bertz CT molecular complexity index is 1350. The fraction of sp³-hybridized carbons (Fsp3) is 0.381. The molecule has 2 aromatic carbocycles. The van der Waals surface area contributed by atoms with Crippen molar-refractivity contribution < 1.29 is 23.0 Å². The van der Waals surface area contributed by atoms with Gasteiger partial charge in [-0.15, -0.1) is 0 Å². The van der Waals surface area contributed by atoms with E-state index in [0.717, 1.165) is 25.4 Å². The topological polar surface area (TPSA) is 155 Å². The maximum absolute atomic E-state index is 13.5. The Balaban J connectivity index is 0.00000385. The first-order valence-electron chi connectivity index (χ1n) is 10.2. The molecule has 0 amide bonds. The number of benzene rings is 2. The highest BCUT2D eigenvalue weighted by atomic mass is 32.2. The van der Waals surface area contributed by atoms with Crippen molar-refractivity contribution in [2.45, 2.75) is 13.8 Å². The number of anilines is 1. The van der Waals surface area contributed by atoms with Gasteiger partial charge < -0.3 is 24.4 Å². The number of non-ortho nitro benzene ring substituents is 1. The van der Waals surface area contributed by atoms with Crippen LogP contribution in [-0.2, 0) is 17.2 Å². The Kier molecular flexibility index (Phi) is 8.01. The lowest BCUT2D eigenvalue weighted by Gasteiger charge is -2.21. The number of nitrogens with one attached hydrogen (secondary N) is 1. The number of hydrogen-bond acceptors (Lipinski definition) is 8. The summed E-state index contributed by atoms with van der Waals surface area (Å²) < 4.78 is 30.5. The van der Waals surface area contributed by atoms with Gasteiger partial charge in [-0.1, -0.05) is 26.0 Å². The lowest BCUT2D eigenvalue weighted by molar-refractivity contribution is -0.383. The van der Waals surface area contributed by atoms with Crippen molar-refractivity contribution in [3.05, 3.63) is 50.7 Å². The zero-order valence-electron chi connectivity index (χ0n) is 18.9. The first-order chi connectivity index (χ1) is 15.1. The van der Waals surface area contributed by atoms with E-state index in [4.69, 9.17) is 4.18 Å². The number of para-hydroxylation sites is 1. The molecule has 11 nitrogen and oxygen atoms in total. The first-order valence-corrected chi connectivity index (χ1v) is 12.0. The summed E-state index contributed by atoms with van der Waals surface area (Å²) in [5.74, 6) is -0.279. The number of hydrogen-bond donors (Lipinski definition) is 1. The molecule has 0 spiro atoms. The molecule has 0 saturated heterocycles. The normalized spacial score (nSPS) is 11.5. The van der Waals surface area contributed by atoms with Crippen molar-refractivity contribution in [2.75, 3.05) is 37.8 Å². The van der Waals surface area contributed by atoms with Gasteiger partial charge in [-0.05, 0) is 25.2 Å². The number of nitrogens with zero attached hydrogens (tertiary/aromatic N) is 3. The Labute approximate surface area is 191 Å². The van der Waals surface area contributed by atoms with Gasteiger partial charge in [0.2, 0.25) is 0 Å². The summed E-state index contributed by atoms with van der Waals surface area (Å²) in [7, 11) is -2.38. The molecule has 1 aromatic heterocycles. The second-order valence-corrected chi connectivity index (χ2v) is 8.97. The summed E-state index contributed by atoms with van der Waals surface area (Å²) in [6.07, 6.45) is 0.848. The molecule has 0 aliphatic heterocycles. The number of likely N-dealkylation sites (N-methyl/N-ethyl adjacent to an activating group) is 1. The van der Waals surface area contributed by atoms with Crippen molar-refractivity contribution in [1.29, 1.82) is 0 Å². The zero-order valence-corrected chi connectivity index (χ0v) is 19.7. The summed E-state index contributed by atoms with van der Waals surface area (Å²) in [5, 5.41) is 15.4. The van der Waals surface area contributed by atoms with Crippen LogP contribution < -0.4 is 14.9 Å². The minimum absolute atomic E-state index is 0. The van der Waals surface area contributed by atoms with Gasteiger partial charge in [-0.3, -0.25) is 14.9 Å². The quantitative estimate of drug-likeness (QED) is 0.211. The van der Waals surface area contributed by atoms with Crippen molar-refractivity contribution in [3.63, 3.8) is 0 Å². The van der Waals surface area contributed by atoms with Gasteiger partial charge in [-0.25, -0.2) is 0 Å². The van der Waals surface area contributed by atoms with Crippen LogP contribution in [-0.4, -0.2) is 60.7 Å². The van der Waals surface area contributed by atoms with Crippen molar-refractivity contribution in [1.82, 2.24) is 9.47 Å². The predicted octanol–water partition coefficient (Wildman–Crippen LogP) is 1.87. The van der Waals surface area contributed by atoms with E-state index in [1.54, 1.807) is 35.9 Å². The van der Waals surface area contributed by atoms with Crippen molar-refractivity contribution in [2.24, 2.45) is 7.05 Å². The van der Waals surface area contributed by atoms with Gasteiger partial charge in [0.25, 0.3) is 5.69 Å². The van der Waals surface area contributed by atoms with Crippen LogP contribution in [0, 0.1) is 10.1 Å². The number of nitro groups is 1. The second kappa shape index (κ2) is 10.1. The van der Waals surface area contributed by atoms with Crippen LogP contribution in [0.1, 0.15) is 13.8 Å². The van der Waals surface area contributed by atoms with Crippen LogP contribution in [0.15, 0.2) is 35.1 Å². The van der Waals surface area contributed by atoms with Crippen molar-refractivity contribution >= 4 is 43.3 Å². The summed E-state index contributed by atoms with van der Waals surface area (Å²) >= 11 is 0. The first kappa shape index (κ1) is 26.0. The minimum atomic E-state index is -4.01. The highest BCUT2D eigenvalue weighted by Crippen LogP contribution is 2.39. The fourth-order valence-electron chi connectivity index (χ4n) is 3.83. The summed E-state index contributed by atoms with van der Waals surface area (Å²) in [6, 6.07) is 7.83. The monoisotopic (exact) mass is 480 g/mol. The van der Waals surface area contributed by atoms with Gasteiger partial charge in [0, 0.05) is 25.5 Å². The molecule has 1 heterocycles. The summed E-state index contributed by atoms with van der Waals surface area (Å²) in [4.78, 5) is 26.9. The molecule has 0 bridgehead atoms. The molecular formula is C21H28N4O7S. The molecule has 0 aliphatic rings. The van der Waals surface area contributed by atoms with Crippen LogP contribution in [0.4, 0.5) is 11.4 Å². The molecule has 3 rings (SSSR count). The second-order valence-electron chi connectivity index (χ2n) is 7.40. The number of rotatable bonds is 9. The Morgan fingerprint density at radius 3 is 2.42 bits per heavy atom. The number of fused-ring (bicyclic) bond motifs is 2. The third-order valence-corrected chi connectivity index (χ3v) is 5.86. The Morgan fingerprint density at radius 2 is 1.85 bits per heavy atom. The van der Waals surface area contributed by atoms with Gasteiger partial charge in [-0.2, -0.15) is 8.42 Å². The largest absolute Gasteiger partial charge is 0.412 e. The zero-order chi connectivity index (χ0) is 23.6. The Hall–Kier alpha value is -3.22. The summed E-state index contributed by atoms with van der Waals surface area (Å²) in [6.45, 7) is 6.68. The number of pyridine rings is 1. The molecule has 180 valence electrons. The van der Waals surface area contributed by atoms with E-state index < -0.39 is 26.2 Å². The smallest absolute Gasteiger partial charge is 0.306 e. The van der Waals surface area contributed by atoms with Gasteiger partial charge >= 0.3 is 10.1 Å². The third-order valence-electron chi connectivity index (χ3n) is 5.38. The SMILES string of the molecule is CCN(CC)CCNc1c(OS(C)(=O)=O)cc([N+](=O)[O-])c2c1c(=O)c1ccccc1n2C.O. The number of aromatic nitrogens is 1. The molecule has 0 fully saturated rings. The lowest BCUT2D eigenvalue weighted by Crippen LogP contribution is -2.29. The molecule has 0 atom stereocenters. The molecule has 0 radical (unpaired) electrons. The third kappa shape index (κ3) is 5.24. The fourth-order valence-corrected chi connectivity index (χ4v) is 4.29. The molecule has 33 heavy (non-hydrogen) atoms. The van der Waals surface area contributed by atoms with Crippen LogP contribution in [0.2, 0.25) is 0 Å². The minimum Gasteiger partial charge on any atom is -0.412 e. The molecule has 3 aromatic rings. The lowest BCUT2D eigenvalue weighted by atomic mass is 10.1. The van der Waals surface area contributed by atoms with E-state index in [2.05, 4.69) is 10.2 Å². The Morgan fingerprint density at radius 1 is 1.21 bits per heavy atom. The maximum atomic E-state index is 13.5. The van der Waals surface area contributed by atoms with E-state index in [-0.39, 0.29) is 27.8 Å². The maximum Gasteiger partial charge on any atom is 0.306 e. The molecular weight excluding hydrogens is 452 g/mol. The van der Waals surface area contributed by atoms with Gasteiger partial charge in [0.1, 0.15) is 5.52 Å². The summed E-state index contributed by atoms with van der Waals surface area (Å²) in [5.41, 5.74) is -0.127. The average Bonchev–Trinajstić information content (AvgIpc) is 2.74. The molecule has 3 N–H and O–H groups in total. The van der Waals surface area contributed by atoms with E-state index in [1.165, 1.54) is 0 Å². The van der Waals surface area contributed by atoms with Crippen LogP contribution in [0.25, 0.3) is 21.8 Å². The van der Waals surface area contributed by atoms with Gasteiger partial charge in [0.05, 0.1) is 33.8 Å². The van der Waals surface area contributed by atoms with E-state index in [0.29, 0.717) is 24.0 Å². The predicted molar refractivity (Wildman–Crippen MR) is 129 cm³/mol. The average molecular weight is 481 g/mol. The highest BCUT2D eigenvalue weighted by Gasteiger charge is 2.27. The molecule has 0 aliphatic carbocycles. The molecule has 12 heteroatoms. The van der Waals surface area contributed by atoms with E-state index in [1.807, 2.05) is 13.8 Å². The van der Waals surface area contributed by atoms with Gasteiger partial charge in [0.15, 0.2) is 11.2 Å². The van der Waals surface area contributed by atoms with E-state index in [9.17, 15) is 23.3 Å². The van der Waals surface area contributed by atoms with E-state index >= 15 is 0 Å². The highest BCUT2D eigenvalue weighted by molar-refractivity contribution is 7.86. The standard InChI is InChI=1S/C21H26N4O6S.H2O/c1-5-24(6-2)12-11-22-19-17(31-32(4,29)30)13-16(25(27)28)20-18(19)21(26)14-9-7-8-10-15(14)23(20)3;/h7-10,13,22H,5-6,11-12H2,1-4H3;1H2.